The van der Waals surface area contributed by atoms with Crippen LogP contribution >= 0.6 is 0 Å². The molecule has 25 heavy (non-hydrogen) atoms. The van der Waals surface area contributed by atoms with E-state index in [4.69, 9.17) is 0 Å². The maximum atomic E-state index is 13.0. The highest BCUT2D eigenvalue weighted by Gasteiger charge is 2.21. The molecule has 2 fully saturated rings. The Morgan fingerprint density at radius 2 is 1.36 bits per heavy atom. The van der Waals surface area contributed by atoms with E-state index < -0.39 is 0 Å². The molecule has 7 heteroatoms. The van der Waals surface area contributed by atoms with Crippen LogP contribution in [0.25, 0.3) is 0 Å². The van der Waals surface area contributed by atoms with Gasteiger partial charge >= 0.3 is 0 Å². The van der Waals surface area contributed by atoms with Crippen LogP contribution in [0.2, 0.25) is 0 Å². The molecule has 4 rings (SSSR count). The predicted molar refractivity (Wildman–Crippen MR) is 96.8 cm³/mol. The first-order valence-electron chi connectivity index (χ1n) is 8.91. The van der Waals surface area contributed by atoms with Crippen LogP contribution < -0.4 is 14.7 Å². The average molecular weight is 342 g/mol. The molecule has 0 saturated carbocycles. The molecule has 2 aliphatic heterocycles. The molecule has 2 saturated heterocycles. The molecule has 132 valence electrons. The molecule has 0 unspecified atom stereocenters. The number of aromatic nitrogens is 3. The number of aryl methyl sites for hydroxylation is 1. The summed E-state index contributed by atoms with van der Waals surface area (Å²) in [7, 11) is 0. The number of anilines is 3. The molecule has 6 nitrogen and oxygen atoms in total. The molecule has 2 aromatic rings. The van der Waals surface area contributed by atoms with Crippen molar-refractivity contribution in [2.24, 2.45) is 0 Å². The first-order valence-corrected chi connectivity index (χ1v) is 8.91. The van der Waals surface area contributed by atoms with Crippen LogP contribution in [-0.4, -0.2) is 54.2 Å². The zero-order valence-corrected chi connectivity index (χ0v) is 14.5. The van der Waals surface area contributed by atoms with Gasteiger partial charge in [-0.1, -0.05) is 0 Å². The number of piperazine rings is 1. The van der Waals surface area contributed by atoms with E-state index in [9.17, 15) is 4.39 Å². The third-order valence-corrected chi connectivity index (χ3v) is 4.88. The number of hydrogen-bond donors (Lipinski definition) is 0. The lowest BCUT2D eigenvalue weighted by atomic mass is 10.3. The molecule has 2 aliphatic rings. The zero-order valence-electron chi connectivity index (χ0n) is 14.5. The largest absolute Gasteiger partial charge is 0.356 e. The van der Waals surface area contributed by atoms with E-state index in [0.29, 0.717) is 0 Å². The van der Waals surface area contributed by atoms with E-state index >= 15 is 0 Å². The Morgan fingerprint density at radius 3 is 1.92 bits per heavy atom. The van der Waals surface area contributed by atoms with Gasteiger partial charge in [-0.05, 0) is 31.9 Å². The Bertz CT molecular complexity index is 721. The van der Waals surface area contributed by atoms with Crippen molar-refractivity contribution >= 4 is 17.5 Å². The van der Waals surface area contributed by atoms with Crippen molar-refractivity contribution in [1.29, 1.82) is 0 Å². The first kappa shape index (κ1) is 16.1. The van der Waals surface area contributed by atoms with Crippen molar-refractivity contribution in [1.82, 2.24) is 15.0 Å². The smallest absolute Gasteiger partial charge is 0.141 e. The molecule has 0 aromatic carbocycles. The zero-order chi connectivity index (χ0) is 17.2. The summed E-state index contributed by atoms with van der Waals surface area (Å²) < 4.78 is 13.0. The fraction of sp³-hybridized carbons (Fsp3) is 0.500. The van der Waals surface area contributed by atoms with Gasteiger partial charge in [-0.25, -0.2) is 19.3 Å². The van der Waals surface area contributed by atoms with Gasteiger partial charge in [-0.15, -0.1) is 0 Å². The van der Waals surface area contributed by atoms with Crippen LogP contribution in [-0.2, 0) is 0 Å². The van der Waals surface area contributed by atoms with Gasteiger partial charge in [0.05, 0.1) is 6.20 Å². The van der Waals surface area contributed by atoms with E-state index in [-0.39, 0.29) is 5.82 Å². The molecule has 0 spiro atoms. The normalized spacial score (nSPS) is 18.1. The summed E-state index contributed by atoms with van der Waals surface area (Å²) in [6.45, 7) is 7.56. The van der Waals surface area contributed by atoms with E-state index in [0.717, 1.165) is 62.5 Å². The maximum absolute atomic E-state index is 13.0. The Hall–Kier alpha value is -2.44. The van der Waals surface area contributed by atoms with Crippen molar-refractivity contribution in [2.45, 2.75) is 19.8 Å². The highest BCUT2D eigenvalue weighted by molar-refractivity contribution is 5.53. The Labute approximate surface area is 147 Å². The lowest BCUT2D eigenvalue weighted by Gasteiger charge is -2.36. The second kappa shape index (κ2) is 6.82. The van der Waals surface area contributed by atoms with Crippen LogP contribution in [0.4, 0.5) is 21.8 Å². The van der Waals surface area contributed by atoms with Gasteiger partial charge in [0.2, 0.25) is 0 Å². The van der Waals surface area contributed by atoms with Crippen molar-refractivity contribution in [3.63, 3.8) is 0 Å². The Kier molecular flexibility index (Phi) is 4.38. The minimum Gasteiger partial charge on any atom is -0.356 e. The Balaban J connectivity index is 1.46. The van der Waals surface area contributed by atoms with Gasteiger partial charge in [0.15, 0.2) is 0 Å². The van der Waals surface area contributed by atoms with Gasteiger partial charge in [0.25, 0.3) is 0 Å². The van der Waals surface area contributed by atoms with Gasteiger partial charge in [0.1, 0.15) is 29.1 Å². The lowest BCUT2D eigenvalue weighted by Crippen LogP contribution is -2.47. The fourth-order valence-electron chi connectivity index (χ4n) is 3.53. The van der Waals surface area contributed by atoms with Gasteiger partial charge in [0, 0.05) is 45.3 Å². The molecular formula is C18H23FN6. The fourth-order valence-corrected chi connectivity index (χ4v) is 3.53. The lowest BCUT2D eigenvalue weighted by molar-refractivity contribution is 0.613. The number of nitrogens with zero attached hydrogens (tertiary/aromatic N) is 6. The van der Waals surface area contributed by atoms with Crippen LogP contribution in [0.1, 0.15) is 18.7 Å². The van der Waals surface area contributed by atoms with Crippen LogP contribution in [0.5, 0.6) is 0 Å². The quantitative estimate of drug-likeness (QED) is 0.853. The van der Waals surface area contributed by atoms with E-state index in [2.05, 4.69) is 35.7 Å². The van der Waals surface area contributed by atoms with Gasteiger partial charge in [-0.3, -0.25) is 0 Å². The minimum absolute atomic E-state index is 0.298. The van der Waals surface area contributed by atoms with E-state index in [1.807, 2.05) is 6.92 Å². The maximum Gasteiger partial charge on any atom is 0.141 e. The first-order chi connectivity index (χ1) is 12.2. The molecule has 0 N–H and O–H groups in total. The summed E-state index contributed by atoms with van der Waals surface area (Å²) in [5, 5.41) is 0. The van der Waals surface area contributed by atoms with E-state index in [1.54, 1.807) is 6.07 Å². The standard InChI is InChI=1S/C18H23FN6/c1-14-21-17(23-6-2-3-7-23)12-18(22-14)25-10-8-24(9-11-25)16-5-4-15(19)13-20-16/h4-5,12-13H,2-3,6-11H2,1H3. The highest BCUT2D eigenvalue weighted by atomic mass is 19.1. The minimum atomic E-state index is -0.298. The monoisotopic (exact) mass is 342 g/mol. The second-order valence-corrected chi connectivity index (χ2v) is 6.63. The van der Waals surface area contributed by atoms with Crippen molar-refractivity contribution in [3.8, 4) is 0 Å². The summed E-state index contributed by atoms with van der Waals surface area (Å²) in [4.78, 5) is 20.3. The molecule has 0 aliphatic carbocycles. The molecule has 0 bridgehead atoms. The molecule has 0 amide bonds. The predicted octanol–water partition coefficient (Wildman–Crippen LogP) is 2.25. The molecule has 2 aromatic heterocycles. The SMILES string of the molecule is Cc1nc(N2CCCC2)cc(N2CCN(c3ccc(F)cn3)CC2)n1. The number of pyridine rings is 1. The summed E-state index contributed by atoms with van der Waals surface area (Å²) in [6, 6.07) is 5.32. The van der Waals surface area contributed by atoms with Crippen LogP contribution in [0.3, 0.4) is 0 Å². The third-order valence-electron chi connectivity index (χ3n) is 4.88. The van der Waals surface area contributed by atoms with Crippen LogP contribution in [0.15, 0.2) is 24.4 Å². The second-order valence-electron chi connectivity index (χ2n) is 6.63. The number of hydrogen-bond acceptors (Lipinski definition) is 6. The topological polar surface area (TPSA) is 48.4 Å². The average Bonchev–Trinajstić information content (AvgIpc) is 3.17. The third kappa shape index (κ3) is 3.50. The molecular weight excluding hydrogens is 319 g/mol. The molecule has 0 atom stereocenters. The summed E-state index contributed by atoms with van der Waals surface area (Å²) in [5.41, 5.74) is 0. The Morgan fingerprint density at radius 1 is 0.800 bits per heavy atom. The molecule has 4 heterocycles. The van der Waals surface area contributed by atoms with Gasteiger partial charge in [-0.2, -0.15) is 0 Å². The molecule has 0 radical (unpaired) electrons. The summed E-state index contributed by atoms with van der Waals surface area (Å²) in [5.74, 6) is 3.40. The number of halogens is 1. The van der Waals surface area contributed by atoms with Crippen molar-refractivity contribution < 1.29 is 4.39 Å². The summed E-state index contributed by atoms with van der Waals surface area (Å²) >= 11 is 0. The number of rotatable bonds is 3. The summed E-state index contributed by atoms with van der Waals surface area (Å²) in [6.07, 6.45) is 3.75. The van der Waals surface area contributed by atoms with E-state index in [1.165, 1.54) is 25.1 Å². The van der Waals surface area contributed by atoms with Gasteiger partial charge < -0.3 is 14.7 Å². The van der Waals surface area contributed by atoms with Crippen molar-refractivity contribution in [2.75, 3.05) is 54.0 Å². The highest BCUT2D eigenvalue weighted by Crippen LogP contribution is 2.24. The van der Waals surface area contributed by atoms with Crippen LogP contribution in [0, 0.1) is 12.7 Å². The van der Waals surface area contributed by atoms with Crippen molar-refractivity contribution in [3.05, 3.63) is 36.0 Å².